The molecule has 10 nitrogen and oxygen atoms in total. The van der Waals surface area contributed by atoms with Crippen molar-refractivity contribution in [2.75, 3.05) is 6.54 Å². The monoisotopic (exact) mass is 374 g/mol. The third-order valence-corrected chi connectivity index (χ3v) is 4.16. The van der Waals surface area contributed by atoms with Crippen LogP contribution in [0, 0.1) is 0 Å². The zero-order valence-corrected chi connectivity index (χ0v) is 13.9. The van der Waals surface area contributed by atoms with Gasteiger partial charge in [0.1, 0.15) is 19.2 Å². The Hall–Kier alpha value is -2.50. The van der Waals surface area contributed by atoms with Gasteiger partial charge >= 0.3 is 17.9 Å². The molecule has 0 saturated carbocycles. The number of aliphatic carboxylic acids is 2. The Kier molecular flexibility index (Phi) is 7.48. The van der Waals surface area contributed by atoms with Crippen LogP contribution < -0.4 is 5.14 Å². The number of nitrogens with two attached hydrogens (primary N) is 1. The van der Waals surface area contributed by atoms with Crippen LogP contribution in [0.2, 0.25) is 0 Å². The van der Waals surface area contributed by atoms with E-state index in [4.69, 9.17) is 20.1 Å². The normalized spacial score (nSPS) is 12.6. The van der Waals surface area contributed by atoms with Gasteiger partial charge in [-0.05, 0) is 12.0 Å². The standard InChI is InChI=1S/C14H18N2O8S/c15-25(22,23)16(11(14(20)21)6-7-12(17)18)8-13(19)24-9-10-4-2-1-3-5-10/h1-5,11H,6-9H2,(H,17,18)(H,20,21)(H2,15,22,23)/t11-/m0/s1. The Balaban J connectivity index is 2.81. The summed E-state index contributed by atoms with van der Waals surface area (Å²) in [5.41, 5.74) is 0.652. The number of nitrogens with zero attached hydrogens (tertiary/aromatic N) is 1. The van der Waals surface area contributed by atoms with E-state index in [-0.39, 0.29) is 10.9 Å². The zero-order valence-electron chi connectivity index (χ0n) is 13.1. The van der Waals surface area contributed by atoms with E-state index in [1.165, 1.54) is 0 Å². The topological polar surface area (TPSA) is 164 Å². The van der Waals surface area contributed by atoms with Crippen LogP contribution in [0.3, 0.4) is 0 Å². The van der Waals surface area contributed by atoms with Gasteiger partial charge in [-0.2, -0.15) is 12.7 Å². The fraction of sp³-hybridized carbons (Fsp3) is 0.357. The number of ether oxygens (including phenoxy) is 1. The van der Waals surface area contributed by atoms with Gasteiger partial charge in [0, 0.05) is 6.42 Å². The molecule has 138 valence electrons. The number of hydrogen-bond donors (Lipinski definition) is 3. The van der Waals surface area contributed by atoms with Crippen molar-refractivity contribution < 1.29 is 37.8 Å². The molecule has 0 bridgehead atoms. The molecule has 1 rings (SSSR count). The van der Waals surface area contributed by atoms with Crippen molar-refractivity contribution in [2.45, 2.75) is 25.5 Å². The van der Waals surface area contributed by atoms with Crippen molar-refractivity contribution in [1.82, 2.24) is 4.31 Å². The first-order valence-corrected chi connectivity index (χ1v) is 8.55. The van der Waals surface area contributed by atoms with Gasteiger partial charge in [0.05, 0.1) is 0 Å². The van der Waals surface area contributed by atoms with Crippen molar-refractivity contribution in [2.24, 2.45) is 5.14 Å². The number of carboxylic acid groups (broad SMARTS) is 2. The average Bonchev–Trinajstić information content (AvgIpc) is 2.51. The maximum Gasteiger partial charge on any atom is 0.322 e. The number of esters is 1. The van der Waals surface area contributed by atoms with Crippen LogP contribution in [0.5, 0.6) is 0 Å². The summed E-state index contributed by atoms with van der Waals surface area (Å²) < 4.78 is 28.3. The summed E-state index contributed by atoms with van der Waals surface area (Å²) in [6, 6.07) is 6.75. The predicted octanol–water partition coefficient (Wildman–Crippen LogP) is -0.447. The predicted molar refractivity (Wildman–Crippen MR) is 84.3 cm³/mol. The van der Waals surface area contributed by atoms with E-state index in [0.717, 1.165) is 0 Å². The number of rotatable bonds is 10. The molecule has 11 heteroatoms. The minimum atomic E-state index is -4.58. The van der Waals surface area contributed by atoms with E-state index in [2.05, 4.69) is 0 Å². The van der Waals surface area contributed by atoms with Crippen LogP contribution in [-0.2, 0) is 35.9 Å². The molecule has 0 aliphatic carbocycles. The molecule has 0 aromatic heterocycles. The highest BCUT2D eigenvalue weighted by Gasteiger charge is 2.35. The molecule has 0 fully saturated rings. The van der Waals surface area contributed by atoms with Gasteiger partial charge in [0.15, 0.2) is 0 Å². The number of carbonyl (C=O) groups is 3. The summed E-state index contributed by atoms with van der Waals surface area (Å²) in [7, 11) is -4.58. The van der Waals surface area contributed by atoms with Gasteiger partial charge in [0.25, 0.3) is 10.2 Å². The summed E-state index contributed by atoms with van der Waals surface area (Å²) >= 11 is 0. The second-order valence-electron chi connectivity index (χ2n) is 5.02. The molecule has 0 spiro atoms. The van der Waals surface area contributed by atoms with Crippen LogP contribution in [-0.4, -0.2) is 53.4 Å². The van der Waals surface area contributed by atoms with E-state index in [9.17, 15) is 22.8 Å². The molecular weight excluding hydrogens is 356 g/mol. The van der Waals surface area contributed by atoms with Gasteiger partial charge in [-0.15, -0.1) is 0 Å². The minimum Gasteiger partial charge on any atom is -0.481 e. The summed E-state index contributed by atoms with van der Waals surface area (Å²) in [6.07, 6.45) is -1.16. The summed E-state index contributed by atoms with van der Waals surface area (Å²) in [4.78, 5) is 33.7. The molecule has 0 heterocycles. The lowest BCUT2D eigenvalue weighted by atomic mass is 10.1. The van der Waals surface area contributed by atoms with E-state index in [1.54, 1.807) is 30.3 Å². The lowest BCUT2D eigenvalue weighted by Gasteiger charge is -2.24. The molecule has 0 radical (unpaired) electrons. The molecule has 25 heavy (non-hydrogen) atoms. The second kappa shape index (κ2) is 9.11. The first-order valence-electron chi connectivity index (χ1n) is 7.05. The highest BCUT2D eigenvalue weighted by atomic mass is 32.2. The molecule has 1 atom stereocenters. The minimum absolute atomic E-state index is 0.134. The maximum absolute atomic E-state index is 11.8. The molecule has 0 aliphatic rings. The Morgan fingerprint density at radius 1 is 1.16 bits per heavy atom. The van der Waals surface area contributed by atoms with Crippen LogP contribution in [0.1, 0.15) is 18.4 Å². The quantitative estimate of drug-likeness (QED) is 0.463. The number of carboxylic acids is 2. The maximum atomic E-state index is 11.8. The Bertz CT molecular complexity index is 720. The summed E-state index contributed by atoms with van der Waals surface area (Å²) in [5.74, 6) is -3.95. The van der Waals surface area contributed by atoms with E-state index in [0.29, 0.717) is 5.56 Å². The summed E-state index contributed by atoms with van der Waals surface area (Å²) in [5, 5.41) is 22.7. The van der Waals surface area contributed by atoms with Crippen LogP contribution in [0.15, 0.2) is 30.3 Å². The largest absolute Gasteiger partial charge is 0.481 e. The van der Waals surface area contributed by atoms with Crippen LogP contribution in [0.25, 0.3) is 0 Å². The molecule has 1 aromatic carbocycles. The second-order valence-corrected chi connectivity index (χ2v) is 6.52. The van der Waals surface area contributed by atoms with E-state index >= 15 is 0 Å². The fourth-order valence-electron chi connectivity index (χ4n) is 1.94. The molecule has 4 N–H and O–H groups in total. The van der Waals surface area contributed by atoms with Crippen molar-refractivity contribution in [3.8, 4) is 0 Å². The van der Waals surface area contributed by atoms with Gasteiger partial charge in [-0.25, -0.2) is 5.14 Å². The van der Waals surface area contributed by atoms with Crippen molar-refractivity contribution in [3.63, 3.8) is 0 Å². The SMILES string of the molecule is NS(=O)(=O)N(CC(=O)OCc1ccccc1)[C@@H](CCC(=O)O)C(=O)O. The van der Waals surface area contributed by atoms with Crippen LogP contribution in [0.4, 0.5) is 0 Å². The van der Waals surface area contributed by atoms with E-state index < -0.39 is 53.5 Å². The first-order chi connectivity index (χ1) is 11.6. The van der Waals surface area contributed by atoms with E-state index in [1.807, 2.05) is 0 Å². The first kappa shape index (κ1) is 20.5. The smallest absolute Gasteiger partial charge is 0.322 e. The Morgan fingerprint density at radius 2 is 1.76 bits per heavy atom. The third kappa shape index (κ3) is 7.28. The van der Waals surface area contributed by atoms with Gasteiger partial charge in [-0.1, -0.05) is 30.3 Å². The molecule has 0 saturated heterocycles. The van der Waals surface area contributed by atoms with Gasteiger partial charge in [0.2, 0.25) is 0 Å². The highest BCUT2D eigenvalue weighted by molar-refractivity contribution is 7.86. The van der Waals surface area contributed by atoms with Crippen molar-refractivity contribution in [3.05, 3.63) is 35.9 Å². The Labute approximate surface area is 144 Å². The van der Waals surface area contributed by atoms with Gasteiger partial charge in [-0.3, -0.25) is 14.4 Å². The number of benzene rings is 1. The third-order valence-electron chi connectivity index (χ3n) is 3.12. The Morgan fingerprint density at radius 3 is 2.24 bits per heavy atom. The molecular formula is C14H18N2O8S. The average molecular weight is 374 g/mol. The molecule has 0 unspecified atom stereocenters. The lowest BCUT2D eigenvalue weighted by molar-refractivity contribution is -0.147. The summed E-state index contributed by atoms with van der Waals surface area (Å²) in [6.45, 7) is -1.08. The highest BCUT2D eigenvalue weighted by Crippen LogP contribution is 2.12. The molecule has 1 aromatic rings. The van der Waals surface area contributed by atoms with Gasteiger partial charge < -0.3 is 14.9 Å². The molecule has 0 aliphatic heterocycles. The van der Waals surface area contributed by atoms with Crippen molar-refractivity contribution >= 4 is 28.1 Å². The lowest BCUT2D eigenvalue weighted by Crippen LogP contribution is -2.50. The number of hydrogen-bond acceptors (Lipinski definition) is 6. The van der Waals surface area contributed by atoms with Crippen LogP contribution >= 0.6 is 0 Å². The number of carbonyl (C=O) groups excluding carboxylic acids is 1. The fourth-order valence-corrected chi connectivity index (χ4v) is 2.77. The molecule has 0 amide bonds. The zero-order chi connectivity index (χ0) is 19.0. The van der Waals surface area contributed by atoms with Crippen molar-refractivity contribution in [1.29, 1.82) is 0 Å².